The van der Waals surface area contributed by atoms with E-state index in [9.17, 15) is 4.79 Å². The lowest BCUT2D eigenvalue weighted by molar-refractivity contribution is -0.132. The van der Waals surface area contributed by atoms with Gasteiger partial charge in [-0.2, -0.15) is 0 Å². The summed E-state index contributed by atoms with van der Waals surface area (Å²) in [4.78, 5) is 14.2. The molecule has 1 saturated heterocycles. The van der Waals surface area contributed by atoms with Crippen molar-refractivity contribution in [3.63, 3.8) is 0 Å². The average Bonchev–Trinajstić information content (AvgIpc) is 2.48. The molecular formula is C15H21NO3. The number of hydrogen-bond donors (Lipinski definition) is 0. The van der Waals surface area contributed by atoms with Gasteiger partial charge in [0.1, 0.15) is 5.75 Å². The van der Waals surface area contributed by atoms with Crippen LogP contribution in [-0.2, 0) is 16.0 Å². The Balaban J connectivity index is 1.94. The van der Waals surface area contributed by atoms with Gasteiger partial charge in [-0.15, -0.1) is 0 Å². The first-order chi connectivity index (χ1) is 9.24. The van der Waals surface area contributed by atoms with E-state index in [1.54, 1.807) is 14.2 Å². The summed E-state index contributed by atoms with van der Waals surface area (Å²) in [6.07, 6.45) is 2.56. The van der Waals surface area contributed by atoms with Crippen molar-refractivity contribution in [3.8, 4) is 5.75 Å². The minimum absolute atomic E-state index is 0.166. The molecule has 0 bridgehead atoms. The molecule has 0 aromatic heterocycles. The molecule has 0 unspecified atom stereocenters. The van der Waals surface area contributed by atoms with E-state index >= 15 is 0 Å². The van der Waals surface area contributed by atoms with Crippen molar-refractivity contribution in [2.24, 2.45) is 0 Å². The number of amides is 1. The van der Waals surface area contributed by atoms with Crippen molar-refractivity contribution in [2.75, 3.05) is 27.3 Å². The molecule has 0 N–H and O–H groups in total. The highest BCUT2D eigenvalue weighted by Gasteiger charge is 2.23. The van der Waals surface area contributed by atoms with Crippen LogP contribution in [0.15, 0.2) is 24.3 Å². The molecule has 2 rings (SSSR count). The van der Waals surface area contributed by atoms with Gasteiger partial charge in [0.05, 0.1) is 19.6 Å². The standard InChI is InChI=1S/C15H21NO3/c1-18-13-7-9-16(10-8-13)15(17)11-12-5-3-4-6-14(12)19-2/h3-6,13H,7-11H2,1-2H3. The van der Waals surface area contributed by atoms with Crippen LogP contribution in [0.4, 0.5) is 0 Å². The van der Waals surface area contributed by atoms with Crippen molar-refractivity contribution < 1.29 is 14.3 Å². The molecule has 4 nitrogen and oxygen atoms in total. The molecule has 104 valence electrons. The molecule has 1 amide bonds. The molecule has 1 aliphatic rings. The maximum atomic E-state index is 12.3. The minimum atomic E-state index is 0.166. The van der Waals surface area contributed by atoms with Crippen LogP contribution in [0.1, 0.15) is 18.4 Å². The summed E-state index contributed by atoms with van der Waals surface area (Å²) in [5.41, 5.74) is 0.948. The first-order valence-corrected chi connectivity index (χ1v) is 6.67. The van der Waals surface area contributed by atoms with E-state index in [-0.39, 0.29) is 5.91 Å². The van der Waals surface area contributed by atoms with Gasteiger partial charge >= 0.3 is 0 Å². The van der Waals surface area contributed by atoms with Crippen molar-refractivity contribution in [3.05, 3.63) is 29.8 Å². The van der Waals surface area contributed by atoms with Crippen LogP contribution >= 0.6 is 0 Å². The topological polar surface area (TPSA) is 38.8 Å². The van der Waals surface area contributed by atoms with Gasteiger partial charge in [0.15, 0.2) is 0 Å². The van der Waals surface area contributed by atoms with E-state index in [4.69, 9.17) is 9.47 Å². The number of piperidine rings is 1. The number of rotatable bonds is 4. The van der Waals surface area contributed by atoms with Crippen molar-refractivity contribution >= 4 is 5.91 Å². The van der Waals surface area contributed by atoms with Crippen LogP contribution in [0.2, 0.25) is 0 Å². The molecule has 1 fully saturated rings. The number of benzene rings is 1. The number of nitrogens with zero attached hydrogens (tertiary/aromatic N) is 1. The number of ether oxygens (including phenoxy) is 2. The zero-order valence-electron chi connectivity index (χ0n) is 11.6. The average molecular weight is 263 g/mol. The summed E-state index contributed by atoms with van der Waals surface area (Å²) in [7, 11) is 3.37. The summed E-state index contributed by atoms with van der Waals surface area (Å²) in [5.74, 6) is 0.946. The molecule has 0 spiro atoms. The maximum absolute atomic E-state index is 12.3. The number of para-hydroxylation sites is 1. The van der Waals surface area contributed by atoms with Gasteiger partial charge in [-0.05, 0) is 18.9 Å². The molecule has 1 heterocycles. The Kier molecular flexibility index (Phi) is 4.80. The van der Waals surface area contributed by atoms with Gasteiger partial charge < -0.3 is 14.4 Å². The Bertz CT molecular complexity index is 425. The zero-order valence-corrected chi connectivity index (χ0v) is 11.6. The zero-order chi connectivity index (χ0) is 13.7. The third-order valence-corrected chi connectivity index (χ3v) is 3.66. The maximum Gasteiger partial charge on any atom is 0.227 e. The highest BCUT2D eigenvalue weighted by Crippen LogP contribution is 2.20. The Morgan fingerprint density at radius 2 is 1.95 bits per heavy atom. The Hall–Kier alpha value is -1.55. The van der Waals surface area contributed by atoms with E-state index < -0.39 is 0 Å². The summed E-state index contributed by atoms with van der Waals surface area (Å²) in [6.45, 7) is 1.57. The number of hydrogen-bond acceptors (Lipinski definition) is 3. The summed E-state index contributed by atoms with van der Waals surface area (Å²) >= 11 is 0. The van der Waals surface area contributed by atoms with E-state index in [1.807, 2.05) is 29.2 Å². The second-order valence-electron chi connectivity index (χ2n) is 4.80. The number of carbonyl (C=O) groups is 1. The smallest absolute Gasteiger partial charge is 0.227 e. The fourth-order valence-corrected chi connectivity index (χ4v) is 2.46. The largest absolute Gasteiger partial charge is 0.496 e. The van der Waals surface area contributed by atoms with Crippen molar-refractivity contribution in [2.45, 2.75) is 25.4 Å². The van der Waals surface area contributed by atoms with Gasteiger partial charge in [-0.3, -0.25) is 4.79 Å². The van der Waals surface area contributed by atoms with Gasteiger partial charge in [0, 0.05) is 25.8 Å². The quantitative estimate of drug-likeness (QED) is 0.832. The minimum Gasteiger partial charge on any atom is -0.496 e. The molecule has 0 radical (unpaired) electrons. The van der Waals surface area contributed by atoms with Crippen LogP contribution < -0.4 is 4.74 Å². The van der Waals surface area contributed by atoms with Crippen LogP contribution in [0.5, 0.6) is 5.75 Å². The third kappa shape index (κ3) is 3.47. The lowest BCUT2D eigenvalue weighted by atomic mass is 10.1. The Morgan fingerprint density at radius 1 is 1.26 bits per heavy atom. The summed E-state index contributed by atoms with van der Waals surface area (Å²) in [6, 6.07) is 7.68. The highest BCUT2D eigenvalue weighted by atomic mass is 16.5. The third-order valence-electron chi connectivity index (χ3n) is 3.66. The molecule has 4 heteroatoms. The van der Waals surface area contributed by atoms with Crippen LogP contribution in [0.25, 0.3) is 0 Å². The highest BCUT2D eigenvalue weighted by molar-refractivity contribution is 5.79. The summed E-state index contributed by atoms with van der Waals surface area (Å²) < 4.78 is 10.6. The van der Waals surface area contributed by atoms with E-state index in [1.165, 1.54) is 0 Å². The van der Waals surface area contributed by atoms with Gasteiger partial charge in [-0.1, -0.05) is 18.2 Å². The monoisotopic (exact) mass is 263 g/mol. The molecule has 1 aromatic rings. The molecular weight excluding hydrogens is 242 g/mol. The number of methoxy groups -OCH3 is 2. The van der Waals surface area contributed by atoms with E-state index in [0.717, 1.165) is 37.2 Å². The van der Waals surface area contributed by atoms with E-state index in [2.05, 4.69) is 0 Å². The Labute approximate surface area is 114 Å². The van der Waals surface area contributed by atoms with Crippen LogP contribution in [0, 0.1) is 0 Å². The van der Waals surface area contributed by atoms with Gasteiger partial charge in [0.2, 0.25) is 5.91 Å². The second kappa shape index (κ2) is 6.57. The molecule has 19 heavy (non-hydrogen) atoms. The molecule has 0 atom stereocenters. The normalized spacial score (nSPS) is 16.4. The molecule has 0 aliphatic carbocycles. The summed E-state index contributed by atoms with van der Waals surface area (Å²) in [5, 5.41) is 0. The first-order valence-electron chi connectivity index (χ1n) is 6.67. The lowest BCUT2D eigenvalue weighted by Crippen LogP contribution is -2.41. The van der Waals surface area contributed by atoms with Gasteiger partial charge in [-0.25, -0.2) is 0 Å². The predicted molar refractivity (Wildman–Crippen MR) is 73.3 cm³/mol. The lowest BCUT2D eigenvalue weighted by Gasteiger charge is -2.31. The predicted octanol–water partition coefficient (Wildman–Crippen LogP) is 1.88. The van der Waals surface area contributed by atoms with Crippen LogP contribution in [0.3, 0.4) is 0 Å². The number of likely N-dealkylation sites (tertiary alicyclic amines) is 1. The van der Waals surface area contributed by atoms with Crippen molar-refractivity contribution in [1.82, 2.24) is 4.90 Å². The Morgan fingerprint density at radius 3 is 2.58 bits per heavy atom. The van der Waals surface area contributed by atoms with Gasteiger partial charge in [0.25, 0.3) is 0 Å². The fourth-order valence-electron chi connectivity index (χ4n) is 2.46. The molecule has 1 aromatic carbocycles. The molecule has 1 aliphatic heterocycles. The van der Waals surface area contributed by atoms with E-state index in [0.29, 0.717) is 12.5 Å². The van der Waals surface area contributed by atoms with Crippen LogP contribution in [-0.4, -0.2) is 44.2 Å². The SMILES string of the molecule is COc1ccccc1CC(=O)N1CCC(OC)CC1. The number of carbonyl (C=O) groups excluding carboxylic acids is 1. The first kappa shape index (κ1) is 13.9. The van der Waals surface area contributed by atoms with Crippen molar-refractivity contribution in [1.29, 1.82) is 0 Å². The molecule has 0 saturated carbocycles. The second-order valence-corrected chi connectivity index (χ2v) is 4.80. The fraction of sp³-hybridized carbons (Fsp3) is 0.533.